The third-order valence-electron chi connectivity index (χ3n) is 7.20. The van der Waals surface area contributed by atoms with Crippen molar-refractivity contribution in [2.75, 3.05) is 6.61 Å². The Morgan fingerprint density at radius 1 is 1.07 bits per heavy atom. The van der Waals surface area contributed by atoms with Gasteiger partial charge >= 0.3 is 0 Å². The number of hydrogen-bond acceptors (Lipinski definition) is 2. The molecule has 2 nitrogen and oxygen atoms in total. The first-order valence-electron chi connectivity index (χ1n) is 11.5. The van der Waals surface area contributed by atoms with Gasteiger partial charge in [-0.1, -0.05) is 51.9 Å². The number of benzene rings is 1. The maximum Gasteiger partial charge on any atom is 0.166 e. The molecule has 2 unspecified atom stereocenters. The molecule has 0 radical (unpaired) electrons. The van der Waals surface area contributed by atoms with Crippen LogP contribution in [0.25, 0.3) is 0 Å². The summed E-state index contributed by atoms with van der Waals surface area (Å²) >= 11 is 0. The van der Waals surface area contributed by atoms with E-state index in [0.29, 0.717) is 12.2 Å². The second-order valence-corrected chi connectivity index (χ2v) is 9.03. The standard InChI is InChI=1S/C25H36FNO/c1-2-6-19-10-13-22(14-11-19)23-9-4-3-7-21(23)8-5-16-28-25-15-12-20(18-27)17-24(25)26/h12,15,17,19,21-23H,2-11,13-14,16H2,1H3. The second-order valence-electron chi connectivity index (χ2n) is 9.03. The molecule has 0 saturated heterocycles. The molecule has 2 aliphatic rings. The Kier molecular flexibility index (Phi) is 8.19. The maximum atomic E-state index is 13.9. The van der Waals surface area contributed by atoms with Gasteiger partial charge in [0, 0.05) is 0 Å². The zero-order valence-electron chi connectivity index (χ0n) is 17.5. The molecule has 1 aromatic carbocycles. The lowest BCUT2D eigenvalue weighted by molar-refractivity contribution is 0.101. The zero-order valence-corrected chi connectivity index (χ0v) is 17.5. The fourth-order valence-electron chi connectivity index (χ4n) is 5.74. The first-order valence-corrected chi connectivity index (χ1v) is 11.5. The summed E-state index contributed by atoms with van der Waals surface area (Å²) in [5.41, 5.74) is 0.337. The summed E-state index contributed by atoms with van der Waals surface area (Å²) in [7, 11) is 0. The molecule has 0 spiro atoms. The van der Waals surface area contributed by atoms with Gasteiger partial charge in [-0.2, -0.15) is 5.26 Å². The molecule has 0 bridgehead atoms. The van der Waals surface area contributed by atoms with Crippen molar-refractivity contribution >= 4 is 0 Å². The van der Waals surface area contributed by atoms with Crippen molar-refractivity contribution in [2.24, 2.45) is 23.7 Å². The lowest BCUT2D eigenvalue weighted by Crippen LogP contribution is -2.30. The number of nitriles is 1. The average molecular weight is 386 g/mol. The molecule has 0 N–H and O–H groups in total. The van der Waals surface area contributed by atoms with E-state index in [2.05, 4.69) is 6.92 Å². The molecule has 154 valence electrons. The van der Waals surface area contributed by atoms with Crippen LogP contribution < -0.4 is 4.74 Å². The van der Waals surface area contributed by atoms with Gasteiger partial charge in [0.1, 0.15) is 0 Å². The maximum absolute atomic E-state index is 13.9. The molecule has 28 heavy (non-hydrogen) atoms. The topological polar surface area (TPSA) is 33.0 Å². The fraction of sp³-hybridized carbons (Fsp3) is 0.720. The lowest BCUT2D eigenvalue weighted by Gasteiger charge is -2.41. The number of hydrogen-bond donors (Lipinski definition) is 0. The molecule has 2 aliphatic carbocycles. The van der Waals surface area contributed by atoms with Crippen LogP contribution in [0.2, 0.25) is 0 Å². The predicted molar refractivity (Wildman–Crippen MR) is 112 cm³/mol. The van der Waals surface area contributed by atoms with Crippen LogP contribution in [0.1, 0.15) is 89.5 Å². The van der Waals surface area contributed by atoms with Gasteiger partial charge in [0.2, 0.25) is 0 Å². The average Bonchev–Trinajstić information content (AvgIpc) is 2.73. The van der Waals surface area contributed by atoms with Crippen molar-refractivity contribution in [1.82, 2.24) is 0 Å². The van der Waals surface area contributed by atoms with Gasteiger partial charge in [-0.15, -0.1) is 0 Å². The van der Waals surface area contributed by atoms with E-state index in [1.165, 1.54) is 76.7 Å². The van der Waals surface area contributed by atoms with Crippen LogP contribution in [0.5, 0.6) is 5.75 Å². The molecule has 0 aliphatic heterocycles. The smallest absolute Gasteiger partial charge is 0.166 e. The van der Waals surface area contributed by atoms with Gasteiger partial charge < -0.3 is 4.74 Å². The minimum absolute atomic E-state index is 0.272. The third kappa shape index (κ3) is 5.72. The SMILES string of the molecule is CCCC1CCC(C2CCCCC2CCCOc2ccc(C#N)cc2F)CC1. The van der Waals surface area contributed by atoms with E-state index in [4.69, 9.17) is 10.00 Å². The minimum Gasteiger partial charge on any atom is -0.491 e. The molecule has 2 fully saturated rings. The molecule has 3 rings (SSSR count). The highest BCUT2D eigenvalue weighted by atomic mass is 19.1. The first-order chi connectivity index (χ1) is 13.7. The number of ether oxygens (including phenoxy) is 1. The fourth-order valence-corrected chi connectivity index (χ4v) is 5.74. The van der Waals surface area contributed by atoms with Crippen LogP contribution in [0, 0.1) is 40.8 Å². The summed E-state index contributed by atoms with van der Waals surface area (Å²) in [4.78, 5) is 0. The van der Waals surface area contributed by atoms with Crippen LogP contribution >= 0.6 is 0 Å². The van der Waals surface area contributed by atoms with Crippen molar-refractivity contribution in [3.05, 3.63) is 29.6 Å². The second kappa shape index (κ2) is 10.8. The normalized spacial score (nSPS) is 27.9. The van der Waals surface area contributed by atoms with Crippen LogP contribution in [0.3, 0.4) is 0 Å². The van der Waals surface area contributed by atoms with E-state index in [1.807, 2.05) is 6.07 Å². The summed E-state index contributed by atoms with van der Waals surface area (Å²) in [6, 6.07) is 6.40. The summed E-state index contributed by atoms with van der Waals surface area (Å²) in [6.45, 7) is 2.88. The minimum atomic E-state index is -0.432. The van der Waals surface area contributed by atoms with Gasteiger partial charge in [0.15, 0.2) is 11.6 Å². The van der Waals surface area contributed by atoms with E-state index >= 15 is 0 Å². The Bertz CT molecular complexity index is 644. The van der Waals surface area contributed by atoms with Gasteiger partial charge in [0.25, 0.3) is 0 Å². The molecular weight excluding hydrogens is 349 g/mol. The zero-order chi connectivity index (χ0) is 19.8. The van der Waals surface area contributed by atoms with E-state index in [-0.39, 0.29) is 5.75 Å². The van der Waals surface area contributed by atoms with E-state index in [0.717, 1.165) is 30.1 Å². The van der Waals surface area contributed by atoms with Gasteiger partial charge in [0.05, 0.1) is 18.2 Å². The Morgan fingerprint density at radius 2 is 1.86 bits per heavy atom. The Balaban J connectivity index is 1.44. The van der Waals surface area contributed by atoms with Crippen LogP contribution in [-0.4, -0.2) is 6.61 Å². The first kappa shape index (κ1) is 21.2. The Hall–Kier alpha value is -1.56. The molecule has 0 amide bonds. The monoisotopic (exact) mass is 385 g/mol. The molecule has 0 aromatic heterocycles. The van der Waals surface area contributed by atoms with E-state index in [1.54, 1.807) is 12.1 Å². The highest BCUT2D eigenvalue weighted by Gasteiger charge is 2.33. The molecule has 2 saturated carbocycles. The Morgan fingerprint density at radius 3 is 2.57 bits per heavy atom. The molecule has 2 atom stereocenters. The van der Waals surface area contributed by atoms with Gasteiger partial charge in [-0.3, -0.25) is 0 Å². The summed E-state index contributed by atoms with van der Waals surface area (Å²) in [5.74, 6) is 3.50. The van der Waals surface area contributed by atoms with Crippen molar-refractivity contribution in [3.8, 4) is 11.8 Å². The lowest BCUT2D eigenvalue weighted by atomic mass is 9.65. The van der Waals surface area contributed by atoms with Crippen LogP contribution in [-0.2, 0) is 0 Å². The van der Waals surface area contributed by atoms with Gasteiger partial charge in [-0.05, 0) is 74.0 Å². The quantitative estimate of drug-likeness (QED) is 0.441. The number of rotatable bonds is 8. The van der Waals surface area contributed by atoms with Crippen LogP contribution in [0.4, 0.5) is 4.39 Å². The summed E-state index contributed by atoms with van der Waals surface area (Å²) < 4.78 is 19.6. The van der Waals surface area contributed by atoms with Crippen LogP contribution in [0.15, 0.2) is 18.2 Å². The van der Waals surface area contributed by atoms with Crippen molar-refractivity contribution in [2.45, 2.75) is 84.0 Å². The van der Waals surface area contributed by atoms with E-state index < -0.39 is 5.82 Å². The summed E-state index contributed by atoms with van der Waals surface area (Å²) in [6.07, 6.45) is 16.3. The molecule has 1 aromatic rings. The Labute approximate surface area is 170 Å². The predicted octanol–water partition coefficient (Wildman–Crippen LogP) is 7.27. The third-order valence-corrected chi connectivity index (χ3v) is 7.20. The van der Waals surface area contributed by atoms with Crippen molar-refractivity contribution in [3.63, 3.8) is 0 Å². The molecule has 3 heteroatoms. The largest absolute Gasteiger partial charge is 0.491 e. The number of halogens is 1. The highest BCUT2D eigenvalue weighted by Crippen LogP contribution is 2.45. The summed E-state index contributed by atoms with van der Waals surface area (Å²) in [5, 5.41) is 8.83. The number of nitrogens with zero attached hydrogens (tertiary/aromatic N) is 1. The molecule has 0 heterocycles. The van der Waals surface area contributed by atoms with Crippen molar-refractivity contribution in [1.29, 1.82) is 5.26 Å². The molecular formula is C25H36FNO. The van der Waals surface area contributed by atoms with E-state index in [9.17, 15) is 4.39 Å². The van der Waals surface area contributed by atoms with Crippen molar-refractivity contribution < 1.29 is 9.13 Å². The highest BCUT2D eigenvalue weighted by molar-refractivity contribution is 5.35. The van der Waals surface area contributed by atoms with Gasteiger partial charge in [-0.25, -0.2) is 4.39 Å².